The van der Waals surface area contributed by atoms with E-state index in [0.717, 1.165) is 24.2 Å². The molecule has 1 aliphatic heterocycles. The number of likely N-dealkylation sites (tertiary alicyclic amines) is 1. The molecule has 1 unspecified atom stereocenters. The van der Waals surface area contributed by atoms with Gasteiger partial charge in [-0.05, 0) is 49.2 Å². The highest BCUT2D eigenvalue weighted by Crippen LogP contribution is 2.39. The molecule has 0 aromatic heterocycles. The monoisotopic (exact) mass is 372 g/mol. The lowest BCUT2D eigenvalue weighted by Gasteiger charge is -2.27. The largest absolute Gasteiger partial charge is 0.497 e. The molecule has 1 atom stereocenters. The van der Waals surface area contributed by atoms with Gasteiger partial charge in [0.15, 0.2) is 0 Å². The van der Waals surface area contributed by atoms with Gasteiger partial charge in [0.2, 0.25) is 0 Å². The summed E-state index contributed by atoms with van der Waals surface area (Å²) in [6, 6.07) is 10.1. The van der Waals surface area contributed by atoms with Crippen LogP contribution >= 0.6 is 0 Å². The number of amides is 1. The molecule has 1 fully saturated rings. The minimum atomic E-state index is -0.402. The summed E-state index contributed by atoms with van der Waals surface area (Å²) in [5.41, 5.74) is 1.72. The average molecular weight is 372 g/mol. The summed E-state index contributed by atoms with van der Waals surface area (Å²) >= 11 is 0. The predicted molar refractivity (Wildman–Crippen MR) is 103 cm³/mol. The number of carbonyl (C=O) groups excluding carboxylic acids is 1. The molecule has 5 nitrogen and oxygen atoms in total. The van der Waals surface area contributed by atoms with Crippen molar-refractivity contribution in [2.45, 2.75) is 18.9 Å². The lowest BCUT2D eigenvalue weighted by atomic mass is 10.0. The smallest absolute Gasteiger partial charge is 0.254 e. The molecule has 1 aliphatic rings. The Morgan fingerprint density at radius 3 is 2.56 bits per heavy atom. The first kappa shape index (κ1) is 19.0. The number of methoxy groups -OCH3 is 2. The molecule has 2 aromatic rings. The summed E-state index contributed by atoms with van der Waals surface area (Å²) in [5, 5.41) is 0. The average Bonchev–Trinajstić information content (AvgIpc) is 3.16. The van der Waals surface area contributed by atoms with E-state index in [-0.39, 0.29) is 11.9 Å². The maximum Gasteiger partial charge on any atom is 0.254 e. The van der Waals surface area contributed by atoms with E-state index in [1.165, 1.54) is 6.07 Å². The van der Waals surface area contributed by atoms with Crippen molar-refractivity contribution >= 4 is 11.6 Å². The molecule has 1 saturated heterocycles. The zero-order valence-corrected chi connectivity index (χ0v) is 16.2. The van der Waals surface area contributed by atoms with Gasteiger partial charge in [-0.3, -0.25) is 4.79 Å². The van der Waals surface area contributed by atoms with Gasteiger partial charge in [-0.1, -0.05) is 0 Å². The van der Waals surface area contributed by atoms with Crippen LogP contribution in [-0.4, -0.2) is 45.7 Å². The fourth-order valence-corrected chi connectivity index (χ4v) is 3.60. The van der Waals surface area contributed by atoms with Crippen molar-refractivity contribution in [1.82, 2.24) is 4.90 Å². The molecule has 0 aliphatic carbocycles. The van der Waals surface area contributed by atoms with Crippen molar-refractivity contribution in [2.24, 2.45) is 0 Å². The van der Waals surface area contributed by atoms with Gasteiger partial charge in [-0.15, -0.1) is 0 Å². The lowest BCUT2D eigenvalue weighted by Crippen LogP contribution is -2.31. The predicted octanol–water partition coefficient (Wildman–Crippen LogP) is 3.89. The van der Waals surface area contributed by atoms with Crippen molar-refractivity contribution in [1.29, 1.82) is 0 Å². The number of hydrogen-bond acceptors (Lipinski definition) is 4. The van der Waals surface area contributed by atoms with Gasteiger partial charge in [-0.2, -0.15) is 0 Å². The zero-order valence-electron chi connectivity index (χ0n) is 16.2. The Kier molecular flexibility index (Phi) is 5.54. The molecule has 0 bridgehead atoms. The third kappa shape index (κ3) is 3.70. The van der Waals surface area contributed by atoms with E-state index in [1.807, 2.05) is 18.2 Å². The summed E-state index contributed by atoms with van der Waals surface area (Å²) < 4.78 is 25.2. The van der Waals surface area contributed by atoms with Crippen LogP contribution in [0.3, 0.4) is 0 Å². The van der Waals surface area contributed by atoms with E-state index in [2.05, 4.69) is 0 Å². The first-order valence-electron chi connectivity index (χ1n) is 8.96. The van der Waals surface area contributed by atoms with E-state index in [4.69, 9.17) is 9.47 Å². The van der Waals surface area contributed by atoms with Crippen LogP contribution in [0.1, 0.15) is 34.8 Å². The zero-order chi connectivity index (χ0) is 19.6. The fraction of sp³-hybridized carbons (Fsp3) is 0.381. The van der Waals surface area contributed by atoms with Crippen molar-refractivity contribution in [3.8, 4) is 11.5 Å². The Bertz CT molecular complexity index is 838. The van der Waals surface area contributed by atoms with Crippen LogP contribution in [0.25, 0.3) is 0 Å². The fourth-order valence-electron chi connectivity index (χ4n) is 3.60. The van der Waals surface area contributed by atoms with Crippen molar-refractivity contribution < 1.29 is 18.7 Å². The molecule has 1 amide bonds. The Morgan fingerprint density at radius 2 is 1.93 bits per heavy atom. The molecule has 3 rings (SSSR count). The van der Waals surface area contributed by atoms with Crippen molar-refractivity contribution in [2.75, 3.05) is 39.8 Å². The van der Waals surface area contributed by atoms with Crippen molar-refractivity contribution in [3.05, 3.63) is 53.3 Å². The maximum absolute atomic E-state index is 14.3. The topological polar surface area (TPSA) is 42.0 Å². The third-order valence-electron chi connectivity index (χ3n) is 4.99. The quantitative estimate of drug-likeness (QED) is 0.799. The number of anilines is 1. The van der Waals surface area contributed by atoms with Crippen molar-refractivity contribution in [3.63, 3.8) is 0 Å². The molecule has 0 radical (unpaired) electrons. The Hall–Kier alpha value is -2.76. The summed E-state index contributed by atoms with van der Waals surface area (Å²) in [5.74, 6) is 0.855. The van der Waals surface area contributed by atoms with E-state index in [1.54, 1.807) is 50.2 Å². The van der Waals surface area contributed by atoms with Crippen LogP contribution in [0.15, 0.2) is 36.4 Å². The van der Waals surface area contributed by atoms with E-state index < -0.39 is 5.82 Å². The lowest BCUT2D eigenvalue weighted by molar-refractivity contribution is 0.0733. The van der Waals surface area contributed by atoms with Crippen LogP contribution in [0.2, 0.25) is 0 Å². The minimum absolute atomic E-state index is 0.126. The van der Waals surface area contributed by atoms with Gasteiger partial charge >= 0.3 is 0 Å². The van der Waals surface area contributed by atoms with Crippen LogP contribution in [-0.2, 0) is 0 Å². The van der Waals surface area contributed by atoms with Gasteiger partial charge in [0.1, 0.15) is 17.3 Å². The number of nitrogens with zero attached hydrogens (tertiary/aromatic N) is 2. The highest BCUT2D eigenvalue weighted by Gasteiger charge is 2.33. The van der Waals surface area contributed by atoms with Crippen LogP contribution in [0.4, 0.5) is 10.1 Å². The normalized spacial score (nSPS) is 16.3. The molecule has 0 spiro atoms. The van der Waals surface area contributed by atoms with Gasteiger partial charge < -0.3 is 19.3 Å². The molecule has 1 heterocycles. The summed E-state index contributed by atoms with van der Waals surface area (Å²) in [6.45, 7) is 0.626. The minimum Gasteiger partial charge on any atom is -0.497 e. The second-order valence-corrected chi connectivity index (χ2v) is 6.83. The number of hydrogen-bond donors (Lipinski definition) is 0. The number of rotatable bonds is 5. The molecule has 2 aromatic carbocycles. The van der Waals surface area contributed by atoms with E-state index >= 15 is 0 Å². The molecular weight excluding hydrogens is 347 g/mol. The second-order valence-electron chi connectivity index (χ2n) is 6.83. The van der Waals surface area contributed by atoms with Gasteiger partial charge in [0.05, 0.1) is 25.9 Å². The summed E-state index contributed by atoms with van der Waals surface area (Å²) in [7, 11) is 6.76. The van der Waals surface area contributed by atoms with Crippen LogP contribution in [0.5, 0.6) is 11.5 Å². The molecule has 0 saturated carbocycles. The number of carbonyl (C=O) groups is 1. The first-order valence-corrected chi connectivity index (χ1v) is 8.96. The van der Waals surface area contributed by atoms with E-state index in [9.17, 15) is 9.18 Å². The Balaban J connectivity index is 1.93. The molecule has 0 N–H and O–H groups in total. The summed E-state index contributed by atoms with van der Waals surface area (Å²) in [4.78, 5) is 16.6. The van der Waals surface area contributed by atoms with Gasteiger partial charge in [-0.25, -0.2) is 4.39 Å². The summed E-state index contributed by atoms with van der Waals surface area (Å²) in [6.07, 6.45) is 1.71. The maximum atomic E-state index is 14.3. The van der Waals surface area contributed by atoms with E-state index in [0.29, 0.717) is 23.5 Å². The first-order chi connectivity index (χ1) is 13.0. The Morgan fingerprint density at radius 1 is 1.15 bits per heavy atom. The standard InChI is InChI=1S/C21H25FN2O3/c1-23(2)19-9-7-14(12-17(19)22)21(25)24-11-5-6-18(24)16-13-15(26-3)8-10-20(16)27-4/h7-10,12-13,18H,5-6,11H2,1-4H3. The third-order valence-corrected chi connectivity index (χ3v) is 4.99. The number of halogens is 1. The van der Waals surface area contributed by atoms with Crippen LogP contribution < -0.4 is 14.4 Å². The highest BCUT2D eigenvalue weighted by atomic mass is 19.1. The number of ether oxygens (including phenoxy) is 2. The Labute approximate surface area is 159 Å². The van der Waals surface area contributed by atoms with Crippen LogP contribution in [0, 0.1) is 5.82 Å². The van der Waals surface area contributed by atoms with Gasteiger partial charge in [0, 0.05) is 31.8 Å². The SMILES string of the molecule is COc1ccc(OC)c(C2CCCN2C(=O)c2ccc(N(C)C)c(F)c2)c1. The molecule has 144 valence electrons. The molecule has 27 heavy (non-hydrogen) atoms. The number of benzene rings is 2. The molecular formula is C21H25FN2O3. The highest BCUT2D eigenvalue weighted by molar-refractivity contribution is 5.95. The van der Waals surface area contributed by atoms with Gasteiger partial charge in [0.25, 0.3) is 5.91 Å². The molecule has 6 heteroatoms. The second kappa shape index (κ2) is 7.86.